The summed E-state index contributed by atoms with van der Waals surface area (Å²) in [6, 6.07) is 4.04. The summed E-state index contributed by atoms with van der Waals surface area (Å²) < 4.78 is 0. The van der Waals surface area contributed by atoms with E-state index in [1.54, 1.807) is 18.0 Å². The highest BCUT2D eigenvalue weighted by molar-refractivity contribution is 8.13. The molecule has 0 saturated carbocycles. The largest absolute Gasteiger partial charge is 0.358 e. The highest BCUT2D eigenvalue weighted by atomic mass is 32.2. The van der Waals surface area contributed by atoms with Crippen LogP contribution in [0, 0.1) is 0 Å². The number of hydrogen-bond donors (Lipinski definition) is 0. The quantitative estimate of drug-likeness (QED) is 0.579. The predicted molar refractivity (Wildman–Crippen MR) is 67.4 cm³/mol. The molecule has 0 fully saturated rings. The van der Waals surface area contributed by atoms with Gasteiger partial charge in [-0.1, -0.05) is 17.8 Å². The first kappa shape index (κ1) is 12.0. The number of nitrogens with zero attached hydrogens (tertiary/aromatic N) is 3. The van der Waals surface area contributed by atoms with Gasteiger partial charge < -0.3 is 4.90 Å². The topological polar surface area (TPSA) is 28.5 Å². The maximum Gasteiger partial charge on any atom is 0.158 e. The molecule has 0 bridgehead atoms. The van der Waals surface area contributed by atoms with E-state index in [2.05, 4.69) is 16.0 Å². The van der Waals surface area contributed by atoms with E-state index in [9.17, 15) is 0 Å². The van der Waals surface area contributed by atoms with Gasteiger partial charge in [-0.05, 0) is 24.3 Å². The Bertz CT molecular complexity index is 309. The molecule has 4 heteroatoms. The van der Waals surface area contributed by atoms with Crippen molar-refractivity contribution in [2.24, 2.45) is 4.99 Å². The Morgan fingerprint density at radius 1 is 1.53 bits per heavy atom. The minimum Gasteiger partial charge on any atom is -0.358 e. The summed E-state index contributed by atoms with van der Waals surface area (Å²) in [5, 5.41) is 1.07. The van der Waals surface area contributed by atoms with Crippen LogP contribution in [0.25, 0.3) is 0 Å². The van der Waals surface area contributed by atoms with Gasteiger partial charge in [0.2, 0.25) is 0 Å². The number of aromatic nitrogens is 1. The van der Waals surface area contributed by atoms with Crippen LogP contribution in [0.3, 0.4) is 0 Å². The van der Waals surface area contributed by atoms with Crippen LogP contribution in [0.5, 0.6) is 0 Å². The molecule has 3 nitrogen and oxygen atoms in total. The Hall–Kier alpha value is -1.03. The van der Waals surface area contributed by atoms with Gasteiger partial charge in [-0.15, -0.1) is 0 Å². The van der Waals surface area contributed by atoms with E-state index in [1.165, 1.54) is 5.56 Å². The molecule has 0 aromatic carbocycles. The van der Waals surface area contributed by atoms with Gasteiger partial charge in [0.25, 0.3) is 0 Å². The lowest BCUT2D eigenvalue weighted by molar-refractivity contribution is 0.632. The first-order chi connectivity index (χ1) is 7.24. The van der Waals surface area contributed by atoms with Gasteiger partial charge >= 0.3 is 0 Å². The summed E-state index contributed by atoms with van der Waals surface area (Å²) in [7, 11) is 4.03. The van der Waals surface area contributed by atoms with E-state index < -0.39 is 0 Å². The zero-order valence-corrected chi connectivity index (χ0v) is 10.3. The molecule has 0 aliphatic heterocycles. The molecule has 0 atom stereocenters. The lowest BCUT2D eigenvalue weighted by atomic mass is 10.2. The Balaban J connectivity index is 2.44. The minimum atomic E-state index is 0.819. The molecule has 0 aliphatic carbocycles. The molecule has 0 radical (unpaired) electrons. The average Bonchev–Trinajstić information content (AvgIpc) is 2.25. The van der Waals surface area contributed by atoms with Crippen molar-refractivity contribution in [1.82, 2.24) is 9.88 Å². The summed E-state index contributed by atoms with van der Waals surface area (Å²) in [6.07, 6.45) is 6.68. The number of rotatable bonds is 3. The smallest absolute Gasteiger partial charge is 0.158 e. The van der Waals surface area contributed by atoms with Crippen LogP contribution in [0.15, 0.2) is 29.5 Å². The maximum atomic E-state index is 4.51. The standard InChI is InChI=1S/C11H17N3S/c1-14(2)11(15-3)13-8-6-10-5-4-7-12-9-10/h4-5,7,9H,6,8H2,1-3H3. The van der Waals surface area contributed by atoms with Crippen LogP contribution < -0.4 is 0 Å². The summed E-state index contributed by atoms with van der Waals surface area (Å²) in [6.45, 7) is 0.819. The second kappa shape index (κ2) is 6.45. The highest BCUT2D eigenvalue weighted by Crippen LogP contribution is 2.03. The van der Waals surface area contributed by atoms with E-state index in [-0.39, 0.29) is 0 Å². The van der Waals surface area contributed by atoms with Gasteiger partial charge in [0.05, 0.1) is 0 Å². The number of hydrogen-bond acceptors (Lipinski definition) is 3. The van der Waals surface area contributed by atoms with Crippen molar-refractivity contribution in [1.29, 1.82) is 0 Å². The van der Waals surface area contributed by atoms with Crippen molar-refractivity contribution in [2.45, 2.75) is 6.42 Å². The molecule has 1 heterocycles. The fourth-order valence-electron chi connectivity index (χ4n) is 1.22. The van der Waals surface area contributed by atoms with Crippen LogP contribution in [-0.4, -0.2) is 41.9 Å². The molecule has 0 N–H and O–H groups in total. The SMILES string of the molecule is CSC(=NCCc1cccnc1)N(C)C. The molecule has 15 heavy (non-hydrogen) atoms. The molecular weight excluding hydrogens is 206 g/mol. The third kappa shape index (κ3) is 4.34. The Morgan fingerprint density at radius 3 is 2.87 bits per heavy atom. The van der Waals surface area contributed by atoms with Gasteiger partial charge in [0.1, 0.15) is 0 Å². The Morgan fingerprint density at radius 2 is 2.33 bits per heavy atom. The van der Waals surface area contributed by atoms with Crippen molar-refractivity contribution in [3.05, 3.63) is 30.1 Å². The van der Waals surface area contributed by atoms with Crippen molar-refractivity contribution in [2.75, 3.05) is 26.9 Å². The van der Waals surface area contributed by atoms with Crippen molar-refractivity contribution in [3.8, 4) is 0 Å². The number of thioether (sulfide) groups is 1. The van der Waals surface area contributed by atoms with Crippen molar-refractivity contribution < 1.29 is 0 Å². The number of pyridine rings is 1. The minimum absolute atomic E-state index is 0.819. The summed E-state index contributed by atoms with van der Waals surface area (Å²) in [5.74, 6) is 0. The molecule has 1 rings (SSSR count). The highest BCUT2D eigenvalue weighted by Gasteiger charge is 1.98. The van der Waals surface area contributed by atoms with Gasteiger partial charge in [0, 0.05) is 33.0 Å². The van der Waals surface area contributed by atoms with E-state index >= 15 is 0 Å². The zero-order valence-electron chi connectivity index (χ0n) is 9.47. The monoisotopic (exact) mass is 223 g/mol. The second-order valence-corrected chi connectivity index (χ2v) is 4.15. The third-order valence-electron chi connectivity index (χ3n) is 1.94. The molecule has 0 spiro atoms. The lowest BCUT2D eigenvalue weighted by Gasteiger charge is -2.12. The molecule has 0 amide bonds. The van der Waals surface area contributed by atoms with Crippen LogP contribution in [0.4, 0.5) is 0 Å². The van der Waals surface area contributed by atoms with Crippen LogP contribution >= 0.6 is 11.8 Å². The second-order valence-electron chi connectivity index (χ2n) is 3.37. The zero-order chi connectivity index (χ0) is 11.1. The van der Waals surface area contributed by atoms with Gasteiger partial charge in [-0.2, -0.15) is 0 Å². The lowest BCUT2D eigenvalue weighted by Crippen LogP contribution is -2.18. The summed E-state index contributed by atoms with van der Waals surface area (Å²) >= 11 is 1.67. The normalized spacial score (nSPS) is 11.5. The fraction of sp³-hybridized carbons (Fsp3) is 0.455. The molecule has 0 aliphatic rings. The Labute approximate surface area is 95.6 Å². The molecule has 0 saturated heterocycles. The van der Waals surface area contributed by atoms with Gasteiger partial charge in [-0.25, -0.2) is 0 Å². The van der Waals surface area contributed by atoms with E-state index in [4.69, 9.17) is 0 Å². The maximum absolute atomic E-state index is 4.51. The van der Waals surface area contributed by atoms with Crippen LogP contribution in [-0.2, 0) is 6.42 Å². The molecule has 1 aromatic rings. The third-order valence-corrected chi connectivity index (χ3v) is 2.79. The molecule has 82 valence electrons. The van der Waals surface area contributed by atoms with Gasteiger partial charge in [0.15, 0.2) is 5.17 Å². The Kier molecular flexibility index (Phi) is 5.18. The van der Waals surface area contributed by atoms with Crippen molar-refractivity contribution >= 4 is 16.9 Å². The molecule has 1 aromatic heterocycles. The van der Waals surface area contributed by atoms with Crippen molar-refractivity contribution in [3.63, 3.8) is 0 Å². The predicted octanol–water partition coefficient (Wildman–Crippen LogP) is 1.90. The fourth-order valence-corrected chi connectivity index (χ4v) is 1.80. The van der Waals surface area contributed by atoms with E-state index in [0.717, 1.165) is 18.1 Å². The average molecular weight is 223 g/mol. The molecule has 0 unspecified atom stereocenters. The summed E-state index contributed by atoms with van der Waals surface area (Å²) in [4.78, 5) is 10.6. The van der Waals surface area contributed by atoms with E-state index in [1.807, 2.05) is 37.5 Å². The number of amidine groups is 1. The first-order valence-electron chi connectivity index (χ1n) is 4.88. The summed E-state index contributed by atoms with van der Waals surface area (Å²) in [5.41, 5.74) is 1.24. The first-order valence-corrected chi connectivity index (χ1v) is 6.11. The number of aliphatic imine (C=N–C) groups is 1. The molecular formula is C11H17N3S. The van der Waals surface area contributed by atoms with Gasteiger partial charge in [-0.3, -0.25) is 9.98 Å². The van der Waals surface area contributed by atoms with E-state index in [0.29, 0.717) is 0 Å². The van der Waals surface area contributed by atoms with Crippen LogP contribution in [0.1, 0.15) is 5.56 Å². The van der Waals surface area contributed by atoms with Crippen LogP contribution in [0.2, 0.25) is 0 Å².